The van der Waals surface area contributed by atoms with Gasteiger partial charge in [-0.05, 0) is 41.8 Å². The number of hydrogen-bond acceptors (Lipinski definition) is 7. The van der Waals surface area contributed by atoms with Gasteiger partial charge in [-0.3, -0.25) is 10.3 Å². The first-order chi connectivity index (χ1) is 13.9. The van der Waals surface area contributed by atoms with Gasteiger partial charge in [-0.1, -0.05) is 13.8 Å². The van der Waals surface area contributed by atoms with Crippen LogP contribution in [0.5, 0.6) is 11.5 Å². The minimum absolute atomic E-state index is 0.0557. The number of anilines is 1. The van der Waals surface area contributed by atoms with Crippen molar-refractivity contribution in [3.63, 3.8) is 0 Å². The van der Waals surface area contributed by atoms with Crippen molar-refractivity contribution in [1.82, 2.24) is 9.99 Å². The van der Waals surface area contributed by atoms with Crippen LogP contribution in [0, 0.1) is 0 Å². The number of amidine groups is 1. The van der Waals surface area contributed by atoms with Crippen LogP contribution in [-0.2, 0) is 11.6 Å². The molecule has 0 bridgehead atoms. The van der Waals surface area contributed by atoms with E-state index in [2.05, 4.69) is 10.5 Å². The third kappa shape index (κ3) is 3.30. The van der Waals surface area contributed by atoms with Crippen molar-refractivity contribution < 1.29 is 19.3 Å². The zero-order valence-corrected chi connectivity index (χ0v) is 17.1. The molecule has 0 radical (unpaired) electrons. The maximum atomic E-state index is 10.9. The topological polar surface area (TPSA) is 99.3 Å². The number of aromatic hydroxyl groups is 1. The molecule has 29 heavy (non-hydrogen) atoms. The normalized spacial score (nSPS) is 16.5. The SMILES string of the molecule is CC(C)c1cc(C2=NNC(O)N2c2ccc3c(ccn3C)c2)c(O)cc1OP=O. The van der Waals surface area contributed by atoms with Crippen LogP contribution in [0.1, 0.15) is 30.9 Å². The summed E-state index contributed by atoms with van der Waals surface area (Å²) in [5.74, 6) is 0.675. The molecule has 0 aliphatic carbocycles. The molecule has 1 aliphatic heterocycles. The minimum atomic E-state index is -1.08. The Bertz CT molecular complexity index is 1130. The Balaban J connectivity index is 1.80. The molecule has 1 unspecified atom stereocenters. The number of aromatic nitrogens is 1. The van der Waals surface area contributed by atoms with Gasteiger partial charge in [0, 0.05) is 35.9 Å². The number of phenolic OH excluding ortho intramolecular Hbond substituents is 1. The Labute approximate surface area is 169 Å². The molecular formula is C20H21N4O4P. The molecule has 0 spiro atoms. The first-order valence-corrected chi connectivity index (χ1v) is 9.86. The van der Waals surface area contributed by atoms with E-state index < -0.39 is 15.0 Å². The first kappa shape index (κ1) is 19.2. The van der Waals surface area contributed by atoms with E-state index in [1.807, 2.05) is 55.9 Å². The summed E-state index contributed by atoms with van der Waals surface area (Å²) in [5, 5.41) is 26.4. The van der Waals surface area contributed by atoms with Crippen molar-refractivity contribution in [2.24, 2.45) is 12.1 Å². The van der Waals surface area contributed by atoms with Crippen LogP contribution in [0.2, 0.25) is 0 Å². The molecule has 3 N–H and O–H groups in total. The lowest BCUT2D eigenvalue weighted by Gasteiger charge is -2.24. The molecule has 0 saturated carbocycles. The molecule has 1 aliphatic rings. The van der Waals surface area contributed by atoms with Crippen molar-refractivity contribution in [2.75, 3.05) is 4.90 Å². The van der Waals surface area contributed by atoms with Crippen LogP contribution in [0.25, 0.3) is 10.9 Å². The van der Waals surface area contributed by atoms with Crippen molar-refractivity contribution in [1.29, 1.82) is 0 Å². The fourth-order valence-corrected chi connectivity index (χ4v) is 3.79. The highest BCUT2D eigenvalue weighted by atomic mass is 31.1. The van der Waals surface area contributed by atoms with E-state index in [0.29, 0.717) is 17.1 Å². The molecule has 0 saturated heterocycles. The lowest BCUT2D eigenvalue weighted by Crippen LogP contribution is -2.40. The third-order valence-electron chi connectivity index (χ3n) is 5.03. The minimum Gasteiger partial charge on any atom is -0.507 e. The van der Waals surface area contributed by atoms with Gasteiger partial charge in [0.05, 0.1) is 5.56 Å². The highest BCUT2D eigenvalue weighted by Crippen LogP contribution is 2.37. The van der Waals surface area contributed by atoms with Crippen molar-refractivity contribution in [2.45, 2.75) is 26.1 Å². The highest BCUT2D eigenvalue weighted by molar-refractivity contribution is 7.17. The molecule has 0 amide bonds. The fraction of sp³-hybridized carbons (Fsp3) is 0.250. The monoisotopic (exact) mass is 412 g/mol. The van der Waals surface area contributed by atoms with E-state index in [9.17, 15) is 14.8 Å². The Morgan fingerprint density at radius 1 is 1.24 bits per heavy atom. The number of nitrogens with zero attached hydrogens (tertiary/aromatic N) is 3. The van der Waals surface area contributed by atoms with E-state index >= 15 is 0 Å². The largest absolute Gasteiger partial charge is 0.507 e. The number of aliphatic hydroxyl groups is 1. The second-order valence-corrected chi connectivity index (χ2v) is 7.54. The van der Waals surface area contributed by atoms with Gasteiger partial charge < -0.3 is 19.3 Å². The zero-order valence-electron chi connectivity index (χ0n) is 16.2. The number of hydrazone groups is 1. The van der Waals surface area contributed by atoms with Crippen LogP contribution >= 0.6 is 8.69 Å². The predicted octanol–water partition coefficient (Wildman–Crippen LogP) is 3.64. The summed E-state index contributed by atoms with van der Waals surface area (Å²) in [5.41, 5.74) is 5.65. The Morgan fingerprint density at radius 2 is 2.03 bits per heavy atom. The molecule has 2 heterocycles. The van der Waals surface area contributed by atoms with Gasteiger partial charge in [-0.25, -0.2) is 4.57 Å². The number of aliphatic hydroxyl groups excluding tert-OH is 1. The lowest BCUT2D eigenvalue weighted by atomic mass is 9.98. The van der Waals surface area contributed by atoms with Crippen molar-refractivity contribution in [3.05, 3.63) is 53.7 Å². The average molecular weight is 412 g/mol. The Morgan fingerprint density at radius 3 is 2.76 bits per heavy atom. The van der Waals surface area contributed by atoms with E-state index in [0.717, 1.165) is 22.2 Å². The summed E-state index contributed by atoms with van der Waals surface area (Å²) in [6, 6.07) is 11.0. The molecule has 1 aromatic heterocycles. The van der Waals surface area contributed by atoms with E-state index in [4.69, 9.17) is 4.52 Å². The van der Waals surface area contributed by atoms with E-state index in [-0.39, 0.29) is 11.7 Å². The first-order valence-electron chi connectivity index (χ1n) is 9.13. The molecule has 2 aromatic carbocycles. The third-order valence-corrected chi connectivity index (χ3v) is 5.30. The van der Waals surface area contributed by atoms with Gasteiger partial charge in [0.25, 0.3) is 0 Å². The number of benzene rings is 2. The number of rotatable bonds is 5. The molecule has 9 heteroatoms. The molecule has 8 nitrogen and oxygen atoms in total. The van der Waals surface area contributed by atoms with Gasteiger partial charge in [0.15, 0.2) is 5.84 Å². The Hall–Kier alpha value is -3.09. The Kier molecular flexibility index (Phi) is 4.90. The van der Waals surface area contributed by atoms with Crippen LogP contribution in [0.3, 0.4) is 0 Å². The maximum absolute atomic E-state index is 10.9. The van der Waals surface area contributed by atoms with Crippen LogP contribution in [-0.4, -0.2) is 27.0 Å². The smallest absolute Gasteiger partial charge is 0.395 e. The van der Waals surface area contributed by atoms with Crippen LogP contribution in [0.15, 0.2) is 47.7 Å². The zero-order chi connectivity index (χ0) is 20.7. The lowest BCUT2D eigenvalue weighted by molar-refractivity contribution is 0.159. The van der Waals surface area contributed by atoms with Gasteiger partial charge in [0.2, 0.25) is 6.35 Å². The standard InChI is InChI=1S/C20H21N4O4P/c1-11(2)14-9-15(17(25)10-18(14)28-29-27)19-21-22-20(26)24(19)13-4-5-16-12(8-13)6-7-23(16)3/h4-11,20,22,25-26H,1-3H3. The quantitative estimate of drug-likeness (QED) is 0.554. The summed E-state index contributed by atoms with van der Waals surface area (Å²) in [7, 11) is 1.47. The second-order valence-electron chi connectivity index (χ2n) is 7.21. The molecular weight excluding hydrogens is 391 g/mol. The summed E-state index contributed by atoms with van der Waals surface area (Å²) in [6.45, 7) is 3.94. The van der Waals surface area contributed by atoms with Gasteiger partial charge in [-0.15, -0.1) is 0 Å². The number of fused-ring (bicyclic) bond motifs is 1. The summed E-state index contributed by atoms with van der Waals surface area (Å²) in [4.78, 5) is 1.61. The summed E-state index contributed by atoms with van der Waals surface area (Å²) < 4.78 is 18.0. The average Bonchev–Trinajstić information content (AvgIpc) is 3.24. The van der Waals surface area contributed by atoms with Gasteiger partial charge >= 0.3 is 8.69 Å². The number of nitrogens with one attached hydrogen (secondary N) is 1. The van der Waals surface area contributed by atoms with Crippen LogP contribution < -0.4 is 14.8 Å². The maximum Gasteiger partial charge on any atom is 0.395 e. The van der Waals surface area contributed by atoms with Crippen molar-refractivity contribution in [3.8, 4) is 11.5 Å². The second kappa shape index (κ2) is 7.39. The van der Waals surface area contributed by atoms with Crippen LogP contribution in [0.4, 0.5) is 5.69 Å². The molecule has 0 fully saturated rings. The fourth-order valence-electron chi connectivity index (χ4n) is 3.55. The van der Waals surface area contributed by atoms with Gasteiger partial charge in [0.1, 0.15) is 11.5 Å². The predicted molar refractivity (Wildman–Crippen MR) is 112 cm³/mol. The highest BCUT2D eigenvalue weighted by Gasteiger charge is 2.31. The summed E-state index contributed by atoms with van der Waals surface area (Å²) >= 11 is 0. The number of aryl methyl sites for hydroxylation is 1. The number of hydrogen-bond donors (Lipinski definition) is 3. The molecule has 4 rings (SSSR count). The number of phenols is 1. The summed E-state index contributed by atoms with van der Waals surface area (Å²) in [6.07, 6.45) is 0.890. The molecule has 150 valence electrons. The van der Waals surface area contributed by atoms with E-state index in [1.165, 1.54) is 6.07 Å². The molecule has 3 aromatic rings. The van der Waals surface area contributed by atoms with Gasteiger partial charge in [-0.2, -0.15) is 5.10 Å². The van der Waals surface area contributed by atoms with E-state index in [1.54, 1.807) is 11.0 Å². The van der Waals surface area contributed by atoms with Crippen molar-refractivity contribution >= 4 is 31.1 Å². The molecule has 1 atom stereocenters.